The first-order valence-corrected chi connectivity index (χ1v) is 25.0. The van der Waals surface area contributed by atoms with Gasteiger partial charge in [-0.25, -0.2) is 0 Å². The molecule has 13 rings (SSSR count). The summed E-state index contributed by atoms with van der Waals surface area (Å²) in [6, 6.07) is 107. The molecule has 0 heterocycles. The number of hydrogen-bond acceptors (Lipinski definition) is 3. The monoisotopic (exact) mass is 931 g/mol. The molecule has 0 N–H and O–H groups in total. The molecule has 3 nitrogen and oxygen atoms in total. The second-order valence-corrected chi connectivity index (χ2v) is 18.6. The lowest BCUT2D eigenvalue weighted by molar-refractivity contribution is 1.29. The minimum absolute atomic E-state index is 1.11. The van der Waals surface area contributed by atoms with Gasteiger partial charge in [0.1, 0.15) is 0 Å². The van der Waals surface area contributed by atoms with Gasteiger partial charge in [-0.2, -0.15) is 0 Å². The molecule has 0 atom stereocenters. The van der Waals surface area contributed by atoms with Gasteiger partial charge in [-0.1, -0.05) is 188 Å². The maximum Gasteiger partial charge on any atom is 0.0540 e. The fourth-order valence-corrected chi connectivity index (χ4v) is 10.5. The van der Waals surface area contributed by atoms with Crippen molar-refractivity contribution >= 4 is 94.3 Å². The maximum atomic E-state index is 2.36. The van der Waals surface area contributed by atoms with Crippen LogP contribution in [0.1, 0.15) is 0 Å². The minimum atomic E-state index is 1.11. The Bertz CT molecular complexity index is 3820. The molecule has 0 unspecified atom stereocenters. The van der Waals surface area contributed by atoms with Gasteiger partial charge in [0.2, 0.25) is 0 Å². The van der Waals surface area contributed by atoms with Gasteiger partial charge >= 0.3 is 0 Å². The van der Waals surface area contributed by atoms with Crippen molar-refractivity contribution in [2.45, 2.75) is 0 Å². The first kappa shape index (κ1) is 43.3. The number of para-hydroxylation sites is 3. The number of hydrogen-bond donors (Lipinski definition) is 0. The molecule has 0 saturated heterocycles. The molecule has 0 aromatic heterocycles. The summed E-state index contributed by atoms with van der Waals surface area (Å²) in [4.78, 5) is 7.07. The van der Waals surface area contributed by atoms with E-state index >= 15 is 0 Å². The normalized spacial score (nSPS) is 11.3. The molecule has 344 valence electrons. The zero-order chi connectivity index (χ0) is 48.5. The lowest BCUT2D eigenvalue weighted by Crippen LogP contribution is -2.10. The van der Waals surface area contributed by atoms with Crippen LogP contribution in [0.5, 0.6) is 0 Å². The highest BCUT2D eigenvalue weighted by Gasteiger charge is 2.19. The highest BCUT2D eigenvalue weighted by molar-refractivity contribution is 6.01. The van der Waals surface area contributed by atoms with Crippen molar-refractivity contribution in [3.05, 3.63) is 297 Å². The Kier molecular flexibility index (Phi) is 11.2. The summed E-state index contributed by atoms with van der Waals surface area (Å²) in [6.45, 7) is 0. The van der Waals surface area contributed by atoms with Gasteiger partial charge in [-0.15, -0.1) is 0 Å². The summed E-state index contributed by atoms with van der Waals surface area (Å²) < 4.78 is 0. The zero-order valence-electron chi connectivity index (χ0n) is 40.1. The molecule has 0 aliphatic heterocycles. The van der Waals surface area contributed by atoms with Crippen LogP contribution in [-0.2, 0) is 0 Å². The summed E-state index contributed by atoms with van der Waals surface area (Å²) in [5, 5.41) is 9.64. The summed E-state index contributed by atoms with van der Waals surface area (Å²) in [7, 11) is 0. The molecule has 0 aliphatic carbocycles. The van der Waals surface area contributed by atoms with E-state index in [4.69, 9.17) is 0 Å². The van der Waals surface area contributed by atoms with E-state index < -0.39 is 0 Å². The van der Waals surface area contributed by atoms with Crippen molar-refractivity contribution in [1.82, 2.24) is 0 Å². The highest BCUT2D eigenvalue weighted by atomic mass is 15.2. The molecular formula is C70H49N3. The van der Waals surface area contributed by atoms with Gasteiger partial charge in [0, 0.05) is 50.6 Å². The predicted octanol–water partition coefficient (Wildman–Crippen LogP) is 20.0. The third-order valence-corrected chi connectivity index (χ3v) is 14.1. The summed E-state index contributed by atoms with van der Waals surface area (Å²) in [5.74, 6) is 0. The first-order chi connectivity index (χ1) is 36.2. The van der Waals surface area contributed by atoms with Gasteiger partial charge in [0.25, 0.3) is 0 Å². The lowest BCUT2D eigenvalue weighted by Gasteiger charge is -2.27. The van der Waals surface area contributed by atoms with E-state index in [1.807, 2.05) is 0 Å². The van der Waals surface area contributed by atoms with Crippen molar-refractivity contribution in [3.63, 3.8) is 0 Å². The lowest BCUT2D eigenvalue weighted by atomic mass is 9.99. The second-order valence-electron chi connectivity index (χ2n) is 18.6. The Hall–Kier alpha value is -9.70. The van der Waals surface area contributed by atoms with Crippen LogP contribution < -0.4 is 14.7 Å². The molecule has 0 amide bonds. The van der Waals surface area contributed by atoms with Crippen LogP contribution in [-0.4, -0.2) is 0 Å². The third kappa shape index (κ3) is 8.39. The Labute approximate surface area is 426 Å². The van der Waals surface area contributed by atoms with E-state index in [1.54, 1.807) is 0 Å². The summed E-state index contributed by atoms with van der Waals surface area (Å²) >= 11 is 0. The molecule has 13 aromatic carbocycles. The van der Waals surface area contributed by atoms with Gasteiger partial charge < -0.3 is 14.7 Å². The van der Waals surface area contributed by atoms with Crippen LogP contribution in [0, 0.1) is 0 Å². The quantitative estimate of drug-likeness (QED) is 0.128. The second kappa shape index (κ2) is 18.9. The number of rotatable bonds is 11. The van der Waals surface area contributed by atoms with Crippen LogP contribution in [0.15, 0.2) is 297 Å². The summed E-state index contributed by atoms with van der Waals surface area (Å²) in [6.07, 6.45) is 0. The topological polar surface area (TPSA) is 9.72 Å². The van der Waals surface area contributed by atoms with Crippen LogP contribution >= 0.6 is 0 Å². The molecule has 0 saturated carbocycles. The molecule has 13 aromatic rings. The SMILES string of the molecule is c1ccc(N(c2ccc3cc(-c4ccc(N(c5ccccc5)c5cccc6ccccc56)cc4)ccc3c2)c2ccc3cc(-c4ccc(N(c5ccccc5)c5cccc6ccccc56)cc4)ccc3c2)cc1. The van der Waals surface area contributed by atoms with Crippen molar-refractivity contribution < 1.29 is 0 Å². The average Bonchev–Trinajstić information content (AvgIpc) is 3.46. The maximum absolute atomic E-state index is 2.36. The Morgan fingerprint density at radius 3 is 0.890 bits per heavy atom. The van der Waals surface area contributed by atoms with Gasteiger partial charge in [0.15, 0.2) is 0 Å². The minimum Gasteiger partial charge on any atom is -0.310 e. The Morgan fingerprint density at radius 2 is 0.466 bits per heavy atom. The fourth-order valence-electron chi connectivity index (χ4n) is 10.5. The van der Waals surface area contributed by atoms with Crippen LogP contribution in [0.3, 0.4) is 0 Å². The standard InChI is InChI=1S/C70H49N3/c1-4-20-60(21-5-1)71(65-44-38-56-46-54(30-32-58(56)48-65)50-34-40-63(41-35-50)72(61-22-6-2-7-23-61)69-28-14-18-52-16-10-12-26-67(52)69)66-45-39-57-47-55(31-33-59(57)49-66)51-36-42-64(43-37-51)73(62-24-8-3-9-25-62)70-29-15-19-53-17-11-13-27-68(53)70/h1-49H. The number of anilines is 9. The van der Waals surface area contributed by atoms with Crippen molar-refractivity contribution in [3.8, 4) is 22.3 Å². The van der Waals surface area contributed by atoms with E-state index in [0.29, 0.717) is 0 Å². The van der Waals surface area contributed by atoms with E-state index in [0.717, 1.165) is 51.2 Å². The first-order valence-electron chi connectivity index (χ1n) is 25.0. The van der Waals surface area contributed by atoms with Crippen molar-refractivity contribution in [1.29, 1.82) is 0 Å². The predicted molar refractivity (Wildman–Crippen MR) is 311 cm³/mol. The van der Waals surface area contributed by atoms with Crippen LogP contribution in [0.25, 0.3) is 65.3 Å². The fraction of sp³-hybridized carbons (Fsp3) is 0. The average molecular weight is 932 g/mol. The van der Waals surface area contributed by atoms with Crippen molar-refractivity contribution in [2.75, 3.05) is 14.7 Å². The smallest absolute Gasteiger partial charge is 0.0540 e. The molecule has 3 heteroatoms. The number of nitrogens with zero attached hydrogens (tertiary/aromatic N) is 3. The van der Waals surface area contributed by atoms with E-state index in [-0.39, 0.29) is 0 Å². The molecule has 0 bridgehead atoms. The third-order valence-electron chi connectivity index (χ3n) is 14.1. The largest absolute Gasteiger partial charge is 0.310 e. The Morgan fingerprint density at radius 1 is 0.164 bits per heavy atom. The van der Waals surface area contributed by atoms with Crippen molar-refractivity contribution in [2.24, 2.45) is 0 Å². The zero-order valence-corrected chi connectivity index (χ0v) is 40.1. The highest BCUT2D eigenvalue weighted by Crippen LogP contribution is 2.43. The number of fused-ring (bicyclic) bond motifs is 4. The Balaban J connectivity index is 0.787. The number of benzene rings is 13. The summed E-state index contributed by atoms with van der Waals surface area (Å²) in [5.41, 5.74) is 14.8. The molecule has 0 aliphatic rings. The van der Waals surface area contributed by atoms with Gasteiger partial charge in [0.05, 0.1) is 11.4 Å². The van der Waals surface area contributed by atoms with E-state index in [1.165, 1.54) is 65.3 Å². The van der Waals surface area contributed by atoms with Crippen LogP contribution in [0.4, 0.5) is 51.2 Å². The van der Waals surface area contributed by atoms with Gasteiger partial charge in [-0.05, 0) is 164 Å². The van der Waals surface area contributed by atoms with E-state index in [9.17, 15) is 0 Å². The molecule has 0 fully saturated rings. The molecule has 0 spiro atoms. The van der Waals surface area contributed by atoms with Crippen LogP contribution in [0.2, 0.25) is 0 Å². The van der Waals surface area contributed by atoms with E-state index in [2.05, 4.69) is 312 Å². The molecule has 73 heavy (non-hydrogen) atoms. The van der Waals surface area contributed by atoms with Gasteiger partial charge in [-0.3, -0.25) is 0 Å². The molecular weight excluding hydrogens is 883 g/mol. The molecule has 0 radical (unpaired) electrons.